The molecule has 0 radical (unpaired) electrons. The Balaban J connectivity index is 1.84. The van der Waals surface area contributed by atoms with Crippen LogP contribution in [-0.2, 0) is 13.2 Å². The number of aliphatic hydroxyl groups is 1. The lowest BCUT2D eigenvalue weighted by molar-refractivity contribution is 0.281. The Morgan fingerprint density at radius 1 is 1.05 bits per heavy atom. The molecule has 2 aromatic carbocycles. The van der Waals surface area contributed by atoms with Crippen molar-refractivity contribution >= 4 is 22.4 Å². The van der Waals surface area contributed by atoms with E-state index in [1.54, 1.807) is 0 Å². The summed E-state index contributed by atoms with van der Waals surface area (Å²) in [7, 11) is 0. The van der Waals surface area contributed by atoms with Gasteiger partial charge in [0, 0.05) is 17.6 Å². The lowest BCUT2D eigenvalue weighted by Gasteiger charge is -2.09. The Morgan fingerprint density at radius 2 is 1.90 bits per heavy atom. The molecular formula is C16H16N4O. The average molecular weight is 280 g/mol. The van der Waals surface area contributed by atoms with Gasteiger partial charge in [0.15, 0.2) is 0 Å². The molecular weight excluding hydrogens is 264 g/mol. The molecule has 0 aliphatic carbocycles. The third kappa shape index (κ3) is 2.93. The van der Waals surface area contributed by atoms with Gasteiger partial charge in [-0.15, -0.1) is 0 Å². The number of aromatic nitrogens is 2. The number of benzene rings is 2. The minimum absolute atomic E-state index is 0.0452. The molecule has 0 saturated carbocycles. The Bertz CT molecular complexity index is 773. The molecule has 1 aromatic heterocycles. The SMILES string of the molecule is Nc1ccc2c(NCc3cccc(CO)c3)ncnc2c1. The van der Waals surface area contributed by atoms with Crippen molar-refractivity contribution in [2.75, 3.05) is 11.1 Å². The number of aliphatic hydroxyl groups excluding tert-OH is 1. The topological polar surface area (TPSA) is 84.1 Å². The van der Waals surface area contributed by atoms with Crippen molar-refractivity contribution < 1.29 is 5.11 Å². The van der Waals surface area contributed by atoms with Gasteiger partial charge in [0.2, 0.25) is 0 Å². The zero-order valence-corrected chi connectivity index (χ0v) is 11.5. The van der Waals surface area contributed by atoms with Crippen molar-refractivity contribution in [3.63, 3.8) is 0 Å². The summed E-state index contributed by atoms with van der Waals surface area (Å²) in [6.07, 6.45) is 1.52. The van der Waals surface area contributed by atoms with E-state index < -0.39 is 0 Å². The third-order valence-corrected chi connectivity index (χ3v) is 3.29. The van der Waals surface area contributed by atoms with Gasteiger partial charge < -0.3 is 16.2 Å². The number of fused-ring (bicyclic) bond motifs is 1. The highest BCUT2D eigenvalue weighted by molar-refractivity contribution is 5.90. The van der Waals surface area contributed by atoms with Gasteiger partial charge in [-0.05, 0) is 29.3 Å². The molecule has 0 spiro atoms. The molecule has 106 valence electrons. The standard InChI is InChI=1S/C16H16N4O/c17-13-4-5-14-15(7-13)19-10-20-16(14)18-8-11-2-1-3-12(6-11)9-21/h1-7,10,21H,8-9,17H2,(H,18,19,20). The second-order valence-corrected chi connectivity index (χ2v) is 4.83. The predicted molar refractivity (Wildman–Crippen MR) is 83.6 cm³/mol. The van der Waals surface area contributed by atoms with Gasteiger partial charge in [-0.25, -0.2) is 9.97 Å². The molecule has 0 aliphatic rings. The summed E-state index contributed by atoms with van der Waals surface area (Å²) < 4.78 is 0. The molecule has 0 aliphatic heterocycles. The fraction of sp³-hybridized carbons (Fsp3) is 0.125. The Labute approximate surface area is 122 Å². The van der Waals surface area contributed by atoms with Crippen LogP contribution in [0.5, 0.6) is 0 Å². The Morgan fingerprint density at radius 3 is 2.76 bits per heavy atom. The zero-order valence-electron chi connectivity index (χ0n) is 11.5. The first-order chi connectivity index (χ1) is 10.3. The fourth-order valence-electron chi connectivity index (χ4n) is 2.24. The molecule has 1 heterocycles. The number of nitrogens with two attached hydrogens (primary N) is 1. The van der Waals surface area contributed by atoms with E-state index in [2.05, 4.69) is 15.3 Å². The normalized spacial score (nSPS) is 10.7. The van der Waals surface area contributed by atoms with E-state index in [0.717, 1.165) is 27.8 Å². The van der Waals surface area contributed by atoms with E-state index in [0.29, 0.717) is 12.2 Å². The molecule has 0 unspecified atom stereocenters. The first kappa shape index (κ1) is 13.3. The minimum Gasteiger partial charge on any atom is -0.399 e. The van der Waals surface area contributed by atoms with Gasteiger partial charge in [0.1, 0.15) is 12.1 Å². The van der Waals surface area contributed by atoms with Gasteiger partial charge in [0.05, 0.1) is 12.1 Å². The monoisotopic (exact) mass is 280 g/mol. The second-order valence-electron chi connectivity index (χ2n) is 4.83. The number of nitrogens with zero attached hydrogens (tertiary/aromatic N) is 2. The number of anilines is 2. The van der Waals surface area contributed by atoms with Gasteiger partial charge in [-0.2, -0.15) is 0 Å². The molecule has 0 fully saturated rings. The molecule has 0 atom stereocenters. The average Bonchev–Trinajstić information content (AvgIpc) is 2.52. The summed E-state index contributed by atoms with van der Waals surface area (Å²) in [6, 6.07) is 13.4. The summed E-state index contributed by atoms with van der Waals surface area (Å²) in [5, 5.41) is 13.4. The molecule has 4 N–H and O–H groups in total. The van der Waals surface area contributed by atoms with E-state index in [1.807, 2.05) is 42.5 Å². The van der Waals surface area contributed by atoms with Crippen molar-refractivity contribution in [2.45, 2.75) is 13.2 Å². The van der Waals surface area contributed by atoms with Crippen LogP contribution in [0.3, 0.4) is 0 Å². The second kappa shape index (κ2) is 5.76. The molecule has 5 nitrogen and oxygen atoms in total. The summed E-state index contributed by atoms with van der Waals surface area (Å²) >= 11 is 0. The maximum Gasteiger partial charge on any atom is 0.137 e. The van der Waals surface area contributed by atoms with Crippen LogP contribution in [0, 0.1) is 0 Å². The van der Waals surface area contributed by atoms with Crippen LogP contribution >= 0.6 is 0 Å². The number of nitrogen functional groups attached to an aromatic ring is 1. The maximum absolute atomic E-state index is 9.16. The predicted octanol–water partition coefficient (Wildman–Crippen LogP) is 2.32. The summed E-state index contributed by atoms with van der Waals surface area (Å²) in [5.74, 6) is 0.773. The molecule has 21 heavy (non-hydrogen) atoms. The summed E-state index contributed by atoms with van der Waals surface area (Å²) in [4.78, 5) is 8.50. The van der Waals surface area contributed by atoms with E-state index in [4.69, 9.17) is 10.8 Å². The van der Waals surface area contributed by atoms with E-state index in [1.165, 1.54) is 6.33 Å². The summed E-state index contributed by atoms with van der Waals surface area (Å²) in [6.45, 7) is 0.674. The van der Waals surface area contributed by atoms with Crippen molar-refractivity contribution in [3.8, 4) is 0 Å². The van der Waals surface area contributed by atoms with Crippen LogP contribution in [-0.4, -0.2) is 15.1 Å². The molecule has 5 heteroatoms. The highest BCUT2D eigenvalue weighted by Crippen LogP contribution is 2.21. The number of nitrogens with one attached hydrogen (secondary N) is 1. The lowest BCUT2D eigenvalue weighted by Crippen LogP contribution is -2.03. The fourth-order valence-corrected chi connectivity index (χ4v) is 2.24. The zero-order chi connectivity index (χ0) is 14.7. The van der Waals surface area contributed by atoms with E-state index in [-0.39, 0.29) is 6.61 Å². The van der Waals surface area contributed by atoms with Gasteiger partial charge in [-0.3, -0.25) is 0 Å². The largest absolute Gasteiger partial charge is 0.399 e. The van der Waals surface area contributed by atoms with Crippen LogP contribution in [0.1, 0.15) is 11.1 Å². The highest BCUT2D eigenvalue weighted by Gasteiger charge is 2.04. The number of hydrogen-bond acceptors (Lipinski definition) is 5. The smallest absolute Gasteiger partial charge is 0.137 e. The van der Waals surface area contributed by atoms with Gasteiger partial charge >= 0.3 is 0 Å². The van der Waals surface area contributed by atoms with Crippen molar-refractivity contribution in [2.24, 2.45) is 0 Å². The summed E-state index contributed by atoms with van der Waals surface area (Å²) in [5.41, 5.74) is 9.25. The van der Waals surface area contributed by atoms with Crippen molar-refractivity contribution in [1.82, 2.24) is 9.97 Å². The van der Waals surface area contributed by atoms with Crippen LogP contribution in [0.4, 0.5) is 11.5 Å². The molecule has 0 saturated heterocycles. The number of rotatable bonds is 4. The quantitative estimate of drug-likeness (QED) is 0.639. The molecule has 3 rings (SSSR count). The minimum atomic E-state index is 0.0452. The maximum atomic E-state index is 9.16. The lowest BCUT2D eigenvalue weighted by atomic mass is 10.1. The number of hydrogen-bond donors (Lipinski definition) is 3. The van der Waals surface area contributed by atoms with Gasteiger partial charge in [-0.1, -0.05) is 24.3 Å². The highest BCUT2D eigenvalue weighted by atomic mass is 16.3. The van der Waals surface area contributed by atoms with Crippen LogP contribution in [0.25, 0.3) is 10.9 Å². The van der Waals surface area contributed by atoms with Crippen LogP contribution in [0.2, 0.25) is 0 Å². The van der Waals surface area contributed by atoms with E-state index in [9.17, 15) is 0 Å². The van der Waals surface area contributed by atoms with Crippen molar-refractivity contribution in [1.29, 1.82) is 0 Å². The van der Waals surface area contributed by atoms with Crippen LogP contribution < -0.4 is 11.1 Å². The third-order valence-electron chi connectivity index (χ3n) is 3.29. The van der Waals surface area contributed by atoms with Crippen molar-refractivity contribution in [3.05, 3.63) is 59.9 Å². The van der Waals surface area contributed by atoms with Crippen LogP contribution in [0.15, 0.2) is 48.8 Å². The first-order valence-electron chi connectivity index (χ1n) is 6.69. The first-order valence-corrected chi connectivity index (χ1v) is 6.69. The Hall–Kier alpha value is -2.66. The van der Waals surface area contributed by atoms with E-state index >= 15 is 0 Å². The molecule has 0 amide bonds. The molecule has 3 aromatic rings. The molecule has 0 bridgehead atoms. The van der Waals surface area contributed by atoms with Gasteiger partial charge in [0.25, 0.3) is 0 Å². The Kier molecular flexibility index (Phi) is 3.66.